The van der Waals surface area contributed by atoms with Gasteiger partial charge >= 0.3 is 13.7 Å². The summed E-state index contributed by atoms with van der Waals surface area (Å²) >= 11 is 14.1. The number of hydrogen-bond donors (Lipinski definition) is 1. The minimum Gasteiger partial charge on any atom is -0.441 e. The molecule has 2 heterocycles. The minimum absolute atomic E-state index is 0.0187. The summed E-state index contributed by atoms with van der Waals surface area (Å²) < 4.78 is 33.0. The van der Waals surface area contributed by atoms with Crippen molar-refractivity contribution in [2.45, 2.75) is 42.8 Å². The van der Waals surface area contributed by atoms with Crippen LogP contribution in [0.2, 0.25) is 10.0 Å². The molecule has 0 aliphatic heterocycles. The van der Waals surface area contributed by atoms with E-state index in [-0.39, 0.29) is 25.2 Å². The number of hydrogen-bond acceptors (Lipinski definition) is 8. The van der Waals surface area contributed by atoms with E-state index in [1.165, 1.54) is 11.8 Å². The summed E-state index contributed by atoms with van der Waals surface area (Å²) in [7, 11) is -3.71. The number of nitrogens with one attached hydrogen (secondary N) is 1. The first-order valence-electron chi connectivity index (χ1n) is 14.8. The van der Waals surface area contributed by atoms with Crippen LogP contribution in [0.15, 0.2) is 113 Å². The Kier molecular flexibility index (Phi) is 11.9. The number of alkyl carbamates (subject to hydrolysis) is 1. The zero-order valence-electron chi connectivity index (χ0n) is 25.7. The number of amides is 1. The number of rotatable bonds is 14. The highest BCUT2D eigenvalue weighted by atomic mass is 35.5. The summed E-state index contributed by atoms with van der Waals surface area (Å²) in [5.74, 6) is 1.42. The van der Waals surface area contributed by atoms with Crippen molar-refractivity contribution >= 4 is 48.7 Å². The zero-order chi connectivity index (χ0) is 33.2. The van der Waals surface area contributed by atoms with Crippen LogP contribution in [0.1, 0.15) is 36.8 Å². The van der Waals surface area contributed by atoms with Crippen molar-refractivity contribution in [2.24, 2.45) is 0 Å². The number of pyridine rings is 1. The largest absolute Gasteiger partial charge is 0.441 e. The number of ether oxygens (including phenoxy) is 1. The molecule has 0 aliphatic carbocycles. The van der Waals surface area contributed by atoms with Crippen LogP contribution < -0.4 is 14.4 Å². The smallest absolute Gasteiger partial charge is 0.432 e. The van der Waals surface area contributed by atoms with Gasteiger partial charge in [-0.2, -0.15) is 0 Å². The number of benzene rings is 3. The van der Waals surface area contributed by atoms with E-state index < -0.39 is 13.7 Å². The molecular formula is C34H33Cl2N4O5PS. The third kappa shape index (κ3) is 10.0. The summed E-state index contributed by atoms with van der Waals surface area (Å²) in [6, 6.07) is 26.7. The van der Waals surface area contributed by atoms with Crippen molar-refractivity contribution in [2.75, 3.05) is 12.7 Å². The van der Waals surface area contributed by atoms with Gasteiger partial charge < -0.3 is 23.7 Å². The van der Waals surface area contributed by atoms with Crippen LogP contribution in [-0.2, 0) is 22.5 Å². The van der Waals surface area contributed by atoms with Crippen LogP contribution in [-0.4, -0.2) is 33.3 Å². The molecule has 3 aromatic carbocycles. The van der Waals surface area contributed by atoms with Crippen molar-refractivity contribution < 1.29 is 23.1 Å². The lowest BCUT2D eigenvalue weighted by atomic mass is 10.1. The van der Waals surface area contributed by atoms with Gasteiger partial charge in [-0.1, -0.05) is 85.2 Å². The Hall–Kier alpha value is -3.95. The maximum absolute atomic E-state index is 13.8. The molecule has 0 radical (unpaired) electrons. The van der Waals surface area contributed by atoms with E-state index in [4.69, 9.17) is 42.0 Å². The molecule has 13 heteroatoms. The molecule has 0 saturated heterocycles. The van der Waals surface area contributed by atoms with E-state index in [2.05, 4.69) is 24.1 Å². The molecule has 47 heavy (non-hydrogen) atoms. The molecule has 1 amide bonds. The summed E-state index contributed by atoms with van der Waals surface area (Å²) in [5.41, 5.74) is 1.84. The number of imidazole rings is 1. The molecule has 0 unspecified atom stereocenters. The fraction of sp³-hybridized carbons (Fsp3) is 0.206. The van der Waals surface area contributed by atoms with Crippen molar-refractivity contribution in [1.82, 2.24) is 19.9 Å². The molecule has 9 nitrogen and oxygen atoms in total. The molecule has 0 atom stereocenters. The fourth-order valence-corrected chi connectivity index (χ4v) is 7.91. The number of nitrogens with zero attached hydrogens (tertiary/aromatic N) is 3. The molecule has 0 saturated carbocycles. The molecule has 0 aliphatic rings. The summed E-state index contributed by atoms with van der Waals surface area (Å²) in [6.45, 7) is 4.45. The zero-order valence-corrected chi connectivity index (χ0v) is 28.9. The van der Waals surface area contributed by atoms with Gasteiger partial charge in [-0.05, 0) is 66.1 Å². The van der Waals surface area contributed by atoms with Gasteiger partial charge in [-0.3, -0.25) is 4.98 Å². The standard InChI is InChI=1S/C34H33Cl2N4O5PS/c1-24(2)32-33(47-30-20-26(35)19-27(36)21-30)40(22-25-13-15-37-16-14-25)31(39-32)23-43-34(41)38-17-18-46(42,44-28-9-5-3-6-10-28)45-29-11-7-4-8-12-29/h3-16,19-21,24H,17-18,22-23H2,1-2H3,(H,38,41). The summed E-state index contributed by atoms with van der Waals surface area (Å²) in [4.78, 5) is 22.8. The van der Waals surface area contributed by atoms with E-state index in [0.717, 1.165) is 21.2 Å². The summed E-state index contributed by atoms with van der Waals surface area (Å²) in [5, 5.41) is 4.61. The number of carbonyl (C=O) groups excluding carboxylic acids is 1. The van der Waals surface area contributed by atoms with Crippen LogP contribution in [0.3, 0.4) is 0 Å². The van der Waals surface area contributed by atoms with Crippen molar-refractivity contribution in [3.8, 4) is 11.5 Å². The average Bonchev–Trinajstić information content (AvgIpc) is 3.37. The van der Waals surface area contributed by atoms with Crippen molar-refractivity contribution in [3.63, 3.8) is 0 Å². The maximum Gasteiger partial charge on any atom is 0.432 e. The second-order valence-corrected chi connectivity index (χ2v) is 14.6. The van der Waals surface area contributed by atoms with E-state index in [0.29, 0.717) is 33.9 Å². The lowest BCUT2D eigenvalue weighted by molar-refractivity contribution is 0.136. The molecule has 0 fully saturated rings. The second-order valence-electron chi connectivity index (χ2n) is 10.7. The third-order valence-electron chi connectivity index (χ3n) is 6.68. The van der Waals surface area contributed by atoms with E-state index in [9.17, 15) is 9.36 Å². The van der Waals surface area contributed by atoms with Gasteiger partial charge in [-0.15, -0.1) is 0 Å². The number of halogens is 2. The van der Waals surface area contributed by atoms with Gasteiger partial charge in [0.25, 0.3) is 0 Å². The SMILES string of the molecule is CC(C)c1nc(COC(=O)NCCP(=O)(Oc2ccccc2)Oc2ccccc2)n(Cc2ccncc2)c1Sc1cc(Cl)cc(Cl)c1. The van der Waals surface area contributed by atoms with Gasteiger partial charge in [0.05, 0.1) is 18.4 Å². The minimum atomic E-state index is -3.71. The fourth-order valence-electron chi connectivity index (χ4n) is 4.50. The molecule has 2 aromatic heterocycles. The van der Waals surface area contributed by atoms with E-state index in [1.807, 2.05) is 41.0 Å². The first-order chi connectivity index (χ1) is 22.7. The number of carbonyl (C=O) groups is 1. The van der Waals surface area contributed by atoms with Crippen LogP contribution in [0, 0.1) is 0 Å². The van der Waals surface area contributed by atoms with Gasteiger partial charge in [0.2, 0.25) is 0 Å². The summed E-state index contributed by atoms with van der Waals surface area (Å²) in [6.07, 6.45) is 2.66. The Morgan fingerprint density at radius 2 is 1.51 bits per heavy atom. The Bertz CT molecular complexity index is 1760. The van der Waals surface area contributed by atoms with Crippen molar-refractivity contribution in [3.05, 3.63) is 131 Å². The number of para-hydroxylation sites is 2. The molecule has 5 rings (SSSR count). The predicted octanol–water partition coefficient (Wildman–Crippen LogP) is 9.49. The molecule has 0 spiro atoms. The van der Waals surface area contributed by atoms with E-state index in [1.54, 1.807) is 67.0 Å². The van der Waals surface area contributed by atoms with Gasteiger partial charge in [-0.25, -0.2) is 14.3 Å². The van der Waals surface area contributed by atoms with Crippen LogP contribution in [0.5, 0.6) is 11.5 Å². The second kappa shape index (κ2) is 16.2. The van der Waals surface area contributed by atoms with Crippen LogP contribution in [0.4, 0.5) is 4.79 Å². The first kappa shape index (κ1) is 34.4. The molecular weight excluding hydrogens is 678 g/mol. The highest BCUT2D eigenvalue weighted by Crippen LogP contribution is 2.48. The van der Waals surface area contributed by atoms with E-state index >= 15 is 0 Å². The molecule has 0 bridgehead atoms. The van der Waals surface area contributed by atoms with Gasteiger partial charge in [0.1, 0.15) is 22.3 Å². The molecule has 1 N–H and O–H groups in total. The predicted molar refractivity (Wildman–Crippen MR) is 185 cm³/mol. The Labute approximate surface area is 288 Å². The average molecular weight is 712 g/mol. The Morgan fingerprint density at radius 3 is 2.09 bits per heavy atom. The first-order valence-corrected chi connectivity index (χ1v) is 18.1. The monoisotopic (exact) mass is 710 g/mol. The Morgan fingerprint density at radius 1 is 0.915 bits per heavy atom. The normalized spacial score (nSPS) is 11.3. The lowest BCUT2D eigenvalue weighted by Crippen LogP contribution is -2.28. The highest BCUT2D eigenvalue weighted by molar-refractivity contribution is 7.99. The number of aromatic nitrogens is 3. The van der Waals surface area contributed by atoms with Crippen LogP contribution in [0.25, 0.3) is 0 Å². The maximum atomic E-state index is 13.8. The lowest BCUT2D eigenvalue weighted by Gasteiger charge is -2.20. The molecule has 5 aromatic rings. The van der Waals surface area contributed by atoms with Crippen LogP contribution >= 0.6 is 42.6 Å². The molecule has 244 valence electrons. The van der Waals surface area contributed by atoms with Crippen molar-refractivity contribution in [1.29, 1.82) is 0 Å². The van der Waals surface area contributed by atoms with Gasteiger partial charge in [0.15, 0.2) is 6.61 Å². The third-order valence-corrected chi connectivity index (χ3v) is 9.96. The Balaban J connectivity index is 1.30. The highest BCUT2D eigenvalue weighted by Gasteiger charge is 2.29. The topological polar surface area (TPSA) is 105 Å². The quantitative estimate of drug-likeness (QED) is 0.114. The van der Waals surface area contributed by atoms with Gasteiger partial charge in [0, 0.05) is 33.9 Å².